The Bertz CT molecular complexity index is 682. The average molecular weight is 348 g/mol. The topological polar surface area (TPSA) is 104 Å². The van der Waals surface area contributed by atoms with Crippen LogP contribution in [0.1, 0.15) is 69.1 Å². The van der Waals surface area contributed by atoms with Crippen molar-refractivity contribution in [3.63, 3.8) is 0 Å². The summed E-state index contributed by atoms with van der Waals surface area (Å²) in [5.41, 5.74) is 0.111. The number of hydrogen-bond acceptors (Lipinski definition) is 4. The van der Waals surface area contributed by atoms with E-state index >= 15 is 0 Å². The standard InChI is InChI=1S/C18H28N4O3/c1-11-9-14(23)16(22-21-11)17(25)20-13-7-5-12(6-8-13)19-15(24)10-18(2,3)4/h9,12-13H,5-8,10H2,1-4H3,(H,19,24)(H,20,25)(H,21,23). The van der Waals surface area contributed by atoms with Gasteiger partial charge in [0.1, 0.15) is 0 Å². The lowest BCUT2D eigenvalue weighted by molar-refractivity contribution is -0.123. The van der Waals surface area contributed by atoms with E-state index in [1.807, 2.05) is 20.8 Å². The molecule has 2 rings (SSSR count). The van der Waals surface area contributed by atoms with Gasteiger partial charge in [0, 0.05) is 30.3 Å². The Balaban J connectivity index is 1.81. The van der Waals surface area contributed by atoms with E-state index < -0.39 is 5.91 Å². The normalized spacial score (nSPS) is 20.8. The quantitative estimate of drug-likeness (QED) is 0.770. The number of H-pyrrole nitrogens is 1. The van der Waals surface area contributed by atoms with Crippen molar-refractivity contribution in [2.45, 2.75) is 71.9 Å². The van der Waals surface area contributed by atoms with Crippen molar-refractivity contribution in [1.29, 1.82) is 0 Å². The summed E-state index contributed by atoms with van der Waals surface area (Å²) in [6.45, 7) is 7.84. The van der Waals surface area contributed by atoms with Gasteiger partial charge in [-0.15, -0.1) is 0 Å². The summed E-state index contributed by atoms with van der Waals surface area (Å²) in [6, 6.07) is 1.53. The molecule has 1 aromatic heterocycles. The van der Waals surface area contributed by atoms with Gasteiger partial charge in [-0.1, -0.05) is 20.8 Å². The summed E-state index contributed by atoms with van der Waals surface area (Å²) in [5, 5.41) is 12.4. The Hall–Kier alpha value is -2.18. The highest BCUT2D eigenvalue weighted by Gasteiger charge is 2.26. The third kappa shape index (κ3) is 5.99. The van der Waals surface area contributed by atoms with E-state index in [4.69, 9.17) is 0 Å². The molecule has 7 heteroatoms. The lowest BCUT2D eigenvalue weighted by Crippen LogP contribution is -2.45. The van der Waals surface area contributed by atoms with Gasteiger partial charge in [0.15, 0.2) is 5.69 Å². The molecule has 0 spiro atoms. The van der Waals surface area contributed by atoms with Crippen LogP contribution in [0.3, 0.4) is 0 Å². The van der Waals surface area contributed by atoms with Crippen molar-refractivity contribution >= 4 is 11.8 Å². The molecule has 2 amide bonds. The van der Waals surface area contributed by atoms with Gasteiger partial charge < -0.3 is 10.6 Å². The van der Waals surface area contributed by atoms with E-state index in [1.165, 1.54) is 6.07 Å². The summed E-state index contributed by atoms with van der Waals surface area (Å²) in [5.74, 6) is -0.364. The molecular formula is C18H28N4O3. The number of nitrogens with one attached hydrogen (secondary N) is 3. The molecule has 1 aliphatic carbocycles. The van der Waals surface area contributed by atoms with Crippen LogP contribution in [0, 0.1) is 12.3 Å². The maximum atomic E-state index is 12.2. The summed E-state index contributed by atoms with van der Waals surface area (Å²) < 4.78 is 0. The maximum absolute atomic E-state index is 12.2. The van der Waals surface area contributed by atoms with Crippen molar-refractivity contribution < 1.29 is 9.59 Å². The second kappa shape index (κ2) is 7.80. The Labute approximate surface area is 148 Å². The fourth-order valence-corrected chi connectivity index (χ4v) is 3.06. The molecular weight excluding hydrogens is 320 g/mol. The van der Waals surface area contributed by atoms with Gasteiger partial charge in [-0.05, 0) is 38.0 Å². The van der Waals surface area contributed by atoms with Gasteiger partial charge in [-0.2, -0.15) is 5.10 Å². The van der Waals surface area contributed by atoms with Crippen LogP contribution >= 0.6 is 0 Å². The Morgan fingerprint density at radius 2 is 1.72 bits per heavy atom. The van der Waals surface area contributed by atoms with Crippen LogP contribution in [0.2, 0.25) is 0 Å². The second-order valence-corrected chi connectivity index (χ2v) is 8.09. The lowest BCUT2D eigenvalue weighted by Gasteiger charge is -2.30. The molecule has 0 bridgehead atoms. The van der Waals surface area contributed by atoms with Crippen LogP contribution in [0.5, 0.6) is 0 Å². The molecule has 1 heterocycles. The molecule has 0 aromatic carbocycles. The molecule has 1 aliphatic rings. The summed E-state index contributed by atoms with van der Waals surface area (Å²) in [7, 11) is 0. The maximum Gasteiger partial charge on any atom is 0.276 e. The molecule has 0 unspecified atom stereocenters. The van der Waals surface area contributed by atoms with E-state index in [0.717, 1.165) is 25.7 Å². The summed E-state index contributed by atoms with van der Waals surface area (Å²) in [4.78, 5) is 36.0. The molecule has 0 aliphatic heterocycles. The van der Waals surface area contributed by atoms with Crippen molar-refractivity contribution in [3.8, 4) is 0 Å². The van der Waals surface area contributed by atoms with Gasteiger partial charge in [0.25, 0.3) is 5.91 Å². The number of carbonyl (C=O) groups is 2. The van der Waals surface area contributed by atoms with Crippen molar-refractivity contribution in [2.75, 3.05) is 0 Å². The smallest absolute Gasteiger partial charge is 0.276 e. The van der Waals surface area contributed by atoms with Crippen LogP contribution in [-0.2, 0) is 4.79 Å². The number of hydrogen-bond donors (Lipinski definition) is 3. The van der Waals surface area contributed by atoms with E-state index in [1.54, 1.807) is 6.92 Å². The van der Waals surface area contributed by atoms with Gasteiger partial charge in [-0.25, -0.2) is 0 Å². The zero-order valence-corrected chi connectivity index (χ0v) is 15.4. The van der Waals surface area contributed by atoms with Crippen LogP contribution in [0.15, 0.2) is 10.9 Å². The Morgan fingerprint density at radius 1 is 1.16 bits per heavy atom. The first kappa shape index (κ1) is 19.1. The number of aryl methyl sites for hydroxylation is 1. The van der Waals surface area contributed by atoms with E-state index in [9.17, 15) is 14.4 Å². The number of nitrogens with zero attached hydrogens (tertiary/aromatic N) is 1. The molecule has 138 valence electrons. The largest absolute Gasteiger partial charge is 0.353 e. The summed E-state index contributed by atoms with van der Waals surface area (Å²) >= 11 is 0. The first-order chi connectivity index (χ1) is 11.6. The Morgan fingerprint density at radius 3 is 2.24 bits per heavy atom. The van der Waals surface area contributed by atoms with Gasteiger partial charge >= 0.3 is 0 Å². The van der Waals surface area contributed by atoms with Crippen molar-refractivity contribution in [2.24, 2.45) is 5.41 Å². The number of rotatable bonds is 4. The number of amides is 2. The summed E-state index contributed by atoms with van der Waals surface area (Å²) in [6.07, 6.45) is 3.69. The zero-order valence-electron chi connectivity index (χ0n) is 15.4. The van der Waals surface area contributed by atoms with Gasteiger partial charge in [0.05, 0.1) is 0 Å². The highest BCUT2D eigenvalue weighted by molar-refractivity contribution is 5.92. The van der Waals surface area contributed by atoms with Crippen LogP contribution in [-0.4, -0.2) is 34.1 Å². The van der Waals surface area contributed by atoms with Gasteiger partial charge in [-0.3, -0.25) is 19.5 Å². The molecule has 7 nitrogen and oxygen atoms in total. The predicted octanol–water partition coefficient (Wildman–Crippen LogP) is 1.67. The molecule has 0 saturated heterocycles. The predicted molar refractivity (Wildman–Crippen MR) is 95.3 cm³/mol. The first-order valence-corrected chi connectivity index (χ1v) is 8.80. The van der Waals surface area contributed by atoms with Crippen LogP contribution in [0.25, 0.3) is 0 Å². The Kier molecular flexibility index (Phi) is 5.98. The minimum atomic E-state index is -0.443. The average Bonchev–Trinajstić information content (AvgIpc) is 2.47. The van der Waals surface area contributed by atoms with Gasteiger partial charge in [0.2, 0.25) is 11.3 Å². The SMILES string of the molecule is Cc1cc(=O)c(C(=O)NC2CCC(NC(=O)CC(C)(C)C)CC2)n[nH]1. The number of aromatic amines is 1. The molecule has 25 heavy (non-hydrogen) atoms. The molecule has 1 aromatic rings. The third-order valence-electron chi connectivity index (χ3n) is 4.26. The number of aromatic nitrogens is 2. The lowest BCUT2D eigenvalue weighted by atomic mass is 9.89. The minimum Gasteiger partial charge on any atom is -0.353 e. The highest BCUT2D eigenvalue weighted by Crippen LogP contribution is 2.21. The minimum absolute atomic E-state index is 0.00534. The van der Waals surface area contributed by atoms with E-state index in [-0.39, 0.29) is 34.5 Å². The second-order valence-electron chi connectivity index (χ2n) is 8.09. The van der Waals surface area contributed by atoms with Crippen LogP contribution < -0.4 is 16.1 Å². The first-order valence-electron chi connectivity index (χ1n) is 8.80. The molecule has 0 radical (unpaired) electrons. The number of carbonyl (C=O) groups excluding carboxylic acids is 2. The van der Waals surface area contributed by atoms with E-state index in [2.05, 4.69) is 20.8 Å². The third-order valence-corrected chi connectivity index (χ3v) is 4.26. The van der Waals surface area contributed by atoms with Crippen molar-refractivity contribution in [1.82, 2.24) is 20.8 Å². The molecule has 1 fully saturated rings. The fraction of sp³-hybridized carbons (Fsp3) is 0.667. The molecule has 1 saturated carbocycles. The van der Waals surface area contributed by atoms with Crippen molar-refractivity contribution in [3.05, 3.63) is 27.7 Å². The molecule has 0 atom stereocenters. The van der Waals surface area contributed by atoms with Crippen LogP contribution in [0.4, 0.5) is 0 Å². The van der Waals surface area contributed by atoms with E-state index in [0.29, 0.717) is 12.1 Å². The zero-order chi connectivity index (χ0) is 18.6. The molecule has 3 N–H and O–H groups in total. The highest BCUT2D eigenvalue weighted by atomic mass is 16.2. The monoisotopic (exact) mass is 348 g/mol. The fourth-order valence-electron chi connectivity index (χ4n) is 3.06.